The van der Waals surface area contributed by atoms with Crippen LogP contribution in [0.4, 0.5) is 0 Å². The van der Waals surface area contributed by atoms with Crippen molar-refractivity contribution in [2.75, 3.05) is 13.7 Å². The lowest BCUT2D eigenvalue weighted by Crippen LogP contribution is -2.24. The molecule has 3 aromatic rings. The molecule has 3 aromatic carbocycles. The summed E-state index contributed by atoms with van der Waals surface area (Å²) in [5.74, 6) is 0.585. The molecule has 3 rings (SSSR count). The highest BCUT2D eigenvalue weighted by Crippen LogP contribution is 2.32. The standard InChI is InChI=1S/C25H26N2O4/c1-25(2,19-7-5-4-6-8-19)20-10-12-21(13-11-20)31-17-24(29)27-26-16-18-9-14-23(30-3)22(28)15-18/h4-16,28H,17H2,1-3H3,(H,27,29)/b26-16+. The molecule has 0 saturated carbocycles. The average molecular weight is 418 g/mol. The summed E-state index contributed by atoms with van der Waals surface area (Å²) in [5, 5.41) is 13.6. The number of carbonyl (C=O) groups is 1. The first-order chi connectivity index (χ1) is 14.9. The van der Waals surface area contributed by atoms with Crippen LogP contribution in [0.2, 0.25) is 0 Å². The normalized spacial score (nSPS) is 11.3. The summed E-state index contributed by atoms with van der Waals surface area (Å²) in [4.78, 5) is 12.0. The fourth-order valence-corrected chi connectivity index (χ4v) is 3.14. The van der Waals surface area contributed by atoms with Gasteiger partial charge in [0.15, 0.2) is 18.1 Å². The number of hydrogen-bond acceptors (Lipinski definition) is 5. The Balaban J connectivity index is 1.52. The minimum Gasteiger partial charge on any atom is -0.504 e. The number of nitrogens with zero attached hydrogens (tertiary/aromatic N) is 1. The number of ether oxygens (including phenoxy) is 2. The van der Waals surface area contributed by atoms with Gasteiger partial charge < -0.3 is 14.6 Å². The summed E-state index contributed by atoms with van der Waals surface area (Å²) in [6, 6.07) is 22.9. The number of phenolic OH excluding ortho intramolecular Hbond substituents is 1. The predicted molar refractivity (Wildman–Crippen MR) is 121 cm³/mol. The Labute approximate surface area is 182 Å². The Morgan fingerprint density at radius 3 is 2.35 bits per heavy atom. The van der Waals surface area contributed by atoms with Crippen molar-refractivity contribution in [2.24, 2.45) is 5.10 Å². The van der Waals surface area contributed by atoms with Crippen molar-refractivity contribution < 1.29 is 19.4 Å². The Morgan fingerprint density at radius 1 is 1.03 bits per heavy atom. The van der Waals surface area contributed by atoms with Gasteiger partial charge in [-0.25, -0.2) is 5.43 Å². The largest absolute Gasteiger partial charge is 0.504 e. The number of nitrogens with one attached hydrogen (secondary N) is 1. The van der Waals surface area contributed by atoms with Gasteiger partial charge in [0.05, 0.1) is 13.3 Å². The summed E-state index contributed by atoms with van der Waals surface area (Å²) in [6.45, 7) is 4.19. The van der Waals surface area contributed by atoms with Gasteiger partial charge in [0.1, 0.15) is 5.75 Å². The molecule has 0 atom stereocenters. The van der Waals surface area contributed by atoms with Gasteiger partial charge in [-0.1, -0.05) is 56.3 Å². The van der Waals surface area contributed by atoms with E-state index in [9.17, 15) is 9.90 Å². The van der Waals surface area contributed by atoms with Gasteiger partial charge in [-0.2, -0.15) is 5.10 Å². The highest BCUT2D eigenvalue weighted by molar-refractivity contribution is 5.83. The topological polar surface area (TPSA) is 80.2 Å². The molecule has 2 N–H and O–H groups in total. The van der Waals surface area contributed by atoms with Gasteiger partial charge in [0.2, 0.25) is 0 Å². The van der Waals surface area contributed by atoms with Gasteiger partial charge >= 0.3 is 0 Å². The van der Waals surface area contributed by atoms with Gasteiger partial charge in [-0.3, -0.25) is 4.79 Å². The molecule has 0 saturated heterocycles. The molecule has 1 amide bonds. The second-order valence-corrected chi connectivity index (χ2v) is 7.53. The van der Waals surface area contributed by atoms with Crippen LogP contribution >= 0.6 is 0 Å². The van der Waals surface area contributed by atoms with E-state index in [0.29, 0.717) is 17.1 Å². The van der Waals surface area contributed by atoms with Crippen LogP contribution < -0.4 is 14.9 Å². The minimum absolute atomic E-state index is 0.00000130. The lowest BCUT2D eigenvalue weighted by Gasteiger charge is -2.26. The number of benzene rings is 3. The summed E-state index contributed by atoms with van der Waals surface area (Å²) in [7, 11) is 1.47. The number of phenols is 1. The second kappa shape index (κ2) is 9.80. The fourth-order valence-electron chi connectivity index (χ4n) is 3.14. The molecular formula is C25H26N2O4. The monoisotopic (exact) mass is 418 g/mol. The number of aromatic hydroxyl groups is 1. The van der Waals surface area contributed by atoms with Crippen LogP contribution in [0.25, 0.3) is 0 Å². The molecule has 160 valence electrons. The third kappa shape index (κ3) is 5.63. The molecule has 0 aromatic heterocycles. The van der Waals surface area contributed by atoms with Crippen LogP contribution in [0.3, 0.4) is 0 Å². The third-order valence-corrected chi connectivity index (χ3v) is 5.05. The maximum absolute atomic E-state index is 12.0. The first kappa shape index (κ1) is 21.9. The Morgan fingerprint density at radius 2 is 1.71 bits per heavy atom. The smallest absolute Gasteiger partial charge is 0.277 e. The lowest BCUT2D eigenvalue weighted by atomic mass is 9.78. The SMILES string of the molecule is COc1ccc(/C=N/NC(=O)COc2ccc(C(C)(C)c3ccccc3)cc2)cc1O. The van der Waals surface area contributed by atoms with Crippen LogP contribution in [-0.2, 0) is 10.2 Å². The van der Waals surface area contributed by atoms with E-state index in [1.807, 2.05) is 42.5 Å². The van der Waals surface area contributed by atoms with Crippen molar-refractivity contribution in [3.63, 3.8) is 0 Å². The van der Waals surface area contributed by atoms with Crippen molar-refractivity contribution in [1.29, 1.82) is 0 Å². The molecule has 6 heteroatoms. The molecule has 0 fully saturated rings. The maximum Gasteiger partial charge on any atom is 0.277 e. The zero-order valence-corrected chi connectivity index (χ0v) is 17.8. The Kier molecular flexibility index (Phi) is 6.92. The van der Waals surface area contributed by atoms with Gasteiger partial charge in [-0.15, -0.1) is 0 Å². The van der Waals surface area contributed by atoms with Crippen molar-refractivity contribution in [1.82, 2.24) is 5.43 Å². The molecule has 0 heterocycles. The third-order valence-electron chi connectivity index (χ3n) is 5.05. The van der Waals surface area contributed by atoms with E-state index in [0.717, 1.165) is 5.56 Å². The predicted octanol–water partition coefficient (Wildman–Crippen LogP) is 4.26. The average Bonchev–Trinajstić information content (AvgIpc) is 2.79. The van der Waals surface area contributed by atoms with Crippen LogP contribution in [0.5, 0.6) is 17.2 Å². The number of carbonyl (C=O) groups excluding carboxylic acids is 1. The molecule has 6 nitrogen and oxygen atoms in total. The zero-order valence-electron chi connectivity index (χ0n) is 17.8. The van der Waals surface area contributed by atoms with Crippen molar-refractivity contribution >= 4 is 12.1 Å². The molecule has 0 bridgehead atoms. The lowest BCUT2D eigenvalue weighted by molar-refractivity contribution is -0.123. The second-order valence-electron chi connectivity index (χ2n) is 7.53. The summed E-state index contributed by atoms with van der Waals surface area (Å²) < 4.78 is 10.5. The van der Waals surface area contributed by atoms with E-state index in [-0.39, 0.29) is 23.7 Å². The van der Waals surface area contributed by atoms with Crippen molar-refractivity contribution in [3.8, 4) is 17.2 Å². The van der Waals surface area contributed by atoms with E-state index in [1.165, 1.54) is 25.0 Å². The molecule has 31 heavy (non-hydrogen) atoms. The fraction of sp³-hybridized carbons (Fsp3) is 0.200. The van der Waals surface area contributed by atoms with E-state index in [1.54, 1.807) is 12.1 Å². The number of hydrazone groups is 1. The quantitative estimate of drug-likeness (QED) is 0.423. The van der Waals surface area contributed by atoms with Gasteiger partial charge in [-0.05, 0) is 47.0 Å². The Bertz CT molecular complexity index is 1040. The minimum atomic E-state index is -0.386. The molecule has 0 unspecified atom stereocenters. The Hall–Kier alpha value is -3.80. The van der Waals surface area contributed by atoms with E-state index in [4.69, 9.17) is 9.47 Å². The van der Waals surface area contributed by atoms with Crippen LogP contribution in [-0.4, -0.2) is 30.9 Å². The zero-order chi connectivity index (χ0) is 22.3. The van der Waals surface area contributed by atoms with Crippen molar-refractivity contribution in [2.45, 2.75) is 19.3 Å². The number of rotatable bonds is 8. The first-order valence-electron chi connectivity index (χ1n) is 9.88. The van der Waals surface area contributed by atoms with Gasteiger partial charge in [0, 0.05) is 5.41 Å². The highest BCUT2D eigenvalue weighted by Gasteiger charge is 2.22. The van der Waals surface area contributed by atoms with E-state index < -0.39 is 0 Å². The van der Waals surface area contributed by atoms with Crippen molar-refractivity contribution in [3.05, 3.63) is 89.5 Å². The molecule has 0 aliphatic carbocycles. The molecule has 0 radical (unpaired) electrons. The summed E-state index contributed by atoms with van der Waals surface area (Å²) >= 11 is 0. The maximum atomic E-state index is 12.0. The van der Waals surface area contributed by atoms with E-state index in [2.05, 4.69) is 36.5 Å². The number of hydrogen-bond donors (Lipinski definition) is 2. The van der Waals surface area contributed by atoms with Crippen LogP contribution in [0, 0.1) is 0 Å². The molecule has 0 aliphatic heterocycles. The molecule has 0 spiro atoms. The van der Waals surface area contributed by atoms with Gasteiger partial charge in [0.25, 0.3) is 5.91 Å². The van der Waals surface area contributed by atoms with Crippen LogP contribution in [0.15, 0.2) is 77.9 Å². The van der Waals surface area contributed by atoms with Crippen LogP contribution in [0.1, 0.15) is 30.5 Å². The number of methoxy groups -OCH3 is 1. The highest BCUT2D eigenvalue weighted by atomic mass is 16.5. The molecule has 0 aliphatic rings. The molecular weight excluding hydrogens is 392 g/mol. The number of amides is 1. The first-order valence-corrected chi connectivity index (χ1v) is 9.88. The summed E-state index contributed by atoms with van der Waals surface area (Å²) in [6.07, 6.45) is 1.43. The van der Waals surface area contributed by atoms with E-state index >= 15 is 0 Å². The summed E-state index contributed by atoms with van der Waals surface area (Å²) in [5.41, 5.74) is 5.27.